The Morgan fingerprint density at radius 2 is 1.64 bits per heavy atom. The van der Waals surface area contributed by atoms with Gasteiger partial charge in [-0.15, -0.1) is 0 Å². The number of urea groups is 1. The molecule has 2 aromatic carbocycles. The number of amides is 4. The third kappa shape index (κ3) is 6.14. The number of carbonyl (C=O) groups is 3. The monoisotopic (exact) mass is 466 g/mol. The molecule has 1 heterocycles. The summed E-state index contributed by atoms with van der Waals surface area (Å²) in [5.41, 5.74) is 3.06. The van der Waals surface area contributed by atoms with E-state index in [9.17, 15) is 14.4 Å². The van der Waals surface area contributed by atoms with E-state index in [0.29, 0.717) is 48.5 Å². The number of benzene rings is 2. The Kier molecular flexibility index (Phi) is 6.99. The van der Waals surface area contributed by atoms with Crippen LogP contribution < -0.4 is 10.6 Å². The van der Waals surface area contributed by atoms with E-state index in [0.717, 1.165) is 24.0 Å². The second-order valence-corrected chi connectivity index (χ2v) is 8.82. The molecule has 1 aliphatic carbocycles. The van der Waals surface area contributed by atoms with Crippen LogP contribution in [0.4, 0.5) is 10.5 Å². The molecule has 4 rings (SSSR count). The Hall–Kier alpha value is -3.32. The summed E-state index contributed by atoms with van der Waals surface area (Å²) >= 11 is 6.12. The molecule has 2 fully saturated rings. The zero-order chi connectivity index (χ0) is 23.4. The summed E-state index contributed by atoms with van der Waals surface area (Å²) in [6.45, 7) is 3.74. The highest BCUT2D eigenvalue weighted by Gasteiger charge is 2.24. The van der Waals surface area contributed by atoms with Crippen molar-refractivity contribution in [1.82, 2.24) is 15.1 Å². The first kappa shape index (κ1) is 22.9. The van der Waals surface area contributed by atoms with Gasteiger partial charge < -0.3 is 20.4 Å². The summed E-state index contributed by atoms with van der Waals surface area (Å²) in [4.78, 5) is 40.5. The van der Waals surface area contributed by atoms with Gasteiger partial charge in [-0.3, -0.25) is 9.59 Å². The number of aryl methyl sites for hydroxylation is 1. The number of anilines is 1. The maximum atomic E-state index is 12.6. The Morgan fingerprint density at radius 3 is 2.27 bits per heavy atom. The molecule has 1 saturated heterocycles. The number of piperazine rings is 1. The zero-order valence-corrected chi connectivity index (χ0v) is 19.3. The average Bonchev–Trinajstić information content (AvgIpc) is 3.64. The second kappa shape index (κ2) is 10.1. The molecular weight excluding hydrogens is 440 g/mol. The first-order chi connectivity index (χ1) is 15.9. The van der Waals surface area contributed by atoms with E-state index in [2.05, 4.69) is 10.6 Å². The quantitative estimate of drug-likeness (QED) is 0.655. The van der Waals surface area contributed by atoms with Gasteiger partial charge in [-0.25, -0.2) is 4.79 Å². The largest absolute Gasteiger partial charge is 0.349 e. The van der Waals surface area contributed by atoms with Gasteiger partial charge in [0, 0.05) is 54.6 Å². The number of nitrogens with one attached hydrogen (secondary N) is 2. The van der Waals surface area contributed by atoms with Crippen LogP contribution in [0.25, 0.3) is 6.08 Å². The molecule has 7 nitrogen and oxygen atoms in total. The third-order valence-electron chi connectivity index (χ3n) is 5.81. The molecule has 2 aliphatic rings. The lowest BCUT2D eigenvalue weighted by molar-refractivity contribution is -0.127. The average molecular weight is 467 g/mol. The molecular formula is C25H27ClN4O3. The Morgan fingerprint density at radius 1 is 0.970 bits per heavy atom. The maximum Gasteiger partial charge on any atom is 0.321 e. The lowest BCUT2D eigenvalue weighted by Crippen LogP contribution is -2.51. The molecule has 0 aromatic heterocycles. The van der Waals surface area contributed by atoms with Gasteiger partial charge in [-0.05, 0) is 61.2 Å². The van der Waals surface area contributed by atoms with E-state index in [4.69, 9.17) is 11.6 Å². The van der Waals surface area contributed by atoms with Crippen LogP contribution in [0.3, 0.4) is 0 Å². The van der Waals surface area contributed by atoms with Crippen LogP contribution in [0, 0.1) is 6.92 Å². The van der Waals surface area contributed by atoms with E-state index in [-0.39, 0.29) is 17.8 Å². The summed E-state index contributed by atoms with van der Waals surface area (Å²) in [6.07, 6.45) is 5.37. The Balaban J connectivity index is 1.24. The predicted octanol–water partition coefficient (Wildman–Crippen LogP) is 3.93. The van der Waals surface area contributed by atoms with E-state index < -0.39 is 0 Å². The molecule has 172 valence electrons. The van der Waals surface area contributed by atoms with Crippen molar-refractivity contribution in [2.45, 2.75) is 25.8 Å². The third-order valence-corrected chi connectivity index (χ3v) is 6.21. The molecule has 0 atom stereocenters. The first-order valence-electron chi connectivity index (χ1n) is 11.1. The van der Waals surface area contributed by atoms with E-state index in [1.807, 2.05) is 31.2 Å². The van der Waals surface area contributed by atoms with Gasteiger partial charge in [-0.1, -0.05) is 29.8 Å². The topological polar surface area (TPSA) is 81.8 Å². The van der Waals surface area contributed by atoms with Crippen LogP contribution in [0.15, 0.2) is 48.5 Å². The van der Waals surface area contributed by atoms with Crippen LogP contribution >= 0.6 is 11.6 Å². The Labute approximate surface area is 198 Å². The smallest absolute Gasteiger partial charge is 0.321 e. The summed E-state index contributed by atoms with van der Waals surface area (Å²) in [5.74, 6) is -0.160. The van der Waals surface area contributed by atoms with Crippen LogP contribution in [0.1, 0.15) is 34.3 Å². The fourth-order valence-electron chi connectivity index (χ4n) is 3.52. The molecule has 2 aromatic rings. The standard InChI is InChI=1S/C25H27ClN4O3/c1-17-2-8-21(16-22(17)26)28-25(33)30-14-12-29(13-15-30)23(31)11-5-18-3-6-19(7-4-18)24(32)27-20-9-10-20/h2-8,11,16,20H,9-10,12-15H2,1H3,(H,27,32)(H,28,33)/b11-5+. The Bertz CT molecular complexity index is 1070. The lowest BCUT2D eigenvalue weighted by Gasteiger charge is -2.34. The minimum absolute atomic E-state index is 0.0588. The normalized spacial score (nSPS) is 16.1. The molecule has 33 heavy (non-hydrogen) atoms. The SMILES string of the molecule is Cc1ccc(NC(=O)N2CCN(C(=O)/C=C/c3ccc(C(=O)NC4CC4)cc3)CC2)cc1Cl. The molecule has 0 spiro atoms. The minimum atomic E-state index is -0.205. The summed E-state index contributed by atoms with van der Waals surface area (Å²) < 4.78 is 0. The lowest BCUT2D eigenvalue weighted by atomic mass is 10.1. The molecule has 4 amide bonds. The van der Waals surface area contributed by atoms with Crippen molar-refractivity contribution in [3.63, 3.8) is 0 Å². The predicted molar refractivity (Wildman–Crippen MR) is 129 cm³/mol. The van der Waals surface area contributed by atoms with Crippen LogP contribution in [0.5, 0.6) is 0 Å². The van der Waals surface area contributed by atoms with Crippen molar-refractivity contribution >= 4 is 41.2 Å². The molecule has 2 N–H and O–H groups in total. The van der Waals surface area contributed by atoms with Gasteiger partial charge in [0.25, 0.3) is 5.91 Å². The number of carbonyl (C=O) groups excluding carboxylic acids is 3. The number of nitrogens with zero attached hydrogens (tertiary/aromatic N) is 2. The van der Waals surface area contributed by atoms with Gasteiger partial charge in [0.2, 0.25) is 5.91 Å². The molecule has 0 bridgehead atoms. The highest BCUT2D eigenvalue weighted by atomic mass is 35.5. The highest BCUT2D eigenvalue weighted by molar-refractivity contribution is 6.31. The summed E-state index contributed by atoms with van der Waals surface area (Å²) in [6, 6.07) is 12.7. The molecule has 0 radical (unpaired) electrons. The fraction of sp³-hybridized carbons (Fsp3) is 0.320. The van der Waals surface area contributed by atoms with E-state index in [1.165, 1.54) is 6.08 Å². The summed E-state index contributed by atoms with van der Waals surface area (Å²) in [5, 5.41) is 6.41. The van der Waals surface area contributed by atoms with Gasteiger partial charge in [-0.2, -0.15) is 0 Å². The van der Waals surface area contributed by atoms with Crippen molar-refractivity contribution in [3.05, 3.63) is 70.3 Å². The maximum absolute atomic E-state index is 12.6. The molecule has 8 heteroatoms. The number of rotatable bonds is 5. The number of halogens is 1. The van der Waals surface area contributed by atoms with Crippen molar-refractivity contribution in [2.75, 3.05) is 31.5 Å². The molecule has 1 aliphatic heterocycles. The van der Waals surface area contributed by atoms with Crippen LogP contribution in [0.2, 0.25) is 5.02 Å². The van der Waals surface area contributed by atoms with Gasteiger partial charge in [0.1, 0.15) is 0 Å². The fourth-order valence-corrected chi connectivity index (χ4v) is 3.70. The van der Waals surface area contributed by atoms with Gasteiger partial charge in [0.05, 0.1) is 0 Å². The number of hydrogen-bond donors (Lipinski definition) is 2. The number of hydrogen-bond acceptors (Lipinski definition) is 3. The molecule has 1 saturated carbocycles. The zero-order valence-electron chi connectivity index (χ0n) is 18.5. The molecule has 0 unspecified atom stereocenters. The highest BCUT2D eigenvalue weighted by Crippen LogP contribution is 2.21. The van der Waals surface area contributed by atoms with Crippen LogP contribution in [-0.4, -0.2) is 59.9 Å². The minimum Gasteiger partial charge on any atom is -0.349 e. The second-order valence-electron chi connectivity index (χ2n) is 8.41. The van der Waals surface area contributed by atoms with E-state index in [1.54, 1.807) is 34.1 Å². The summed E-state index contributed by atoms with van der Waals surface area (Å²) in [7, 11) is 0. The van der Waals surface area contributed by atoms with Crippen molar-refractivity contribution in [3.8, 4) is 0 Å². The van der Waals surface area contributed by atoms with Crippen molar-refractivity contribution in [1.29, 1.82) is 0 Å². The van der Waals surface area contributed by atoms with Gasteiger partial charge >= 0.3 is 6.03 Å². The first-order valence-corrected chi connectivity index (χ1v) is 11.5. The van der Waals surface area contributed by atoms with Crippen molar-refractivity contribution in [2.24, 2.45) is 0 Å². The van der Waals surface area contributed by atoms with Crippen molar-refractivity contribution < 1.29 is 14.4 Å². The van der Waals surface area contributed by atoms with Crippen LogP contribution in [-0.2, 0) is 4.79 Å². The van der Waals surface area contributed by atoms with E-state index >= 15 is 0 Å². The van der Waals surface area contributed by atoms with Gasteiger partial charge in [0.15, 0.2) is 0 Å².